The molecule has 1 aromatic carbocycles. The molecule has 86 valence electrons. The summed E-state index contributed by atoms with van der Waals surface area (Å²) in [6.45, 7) is 1.47. The molecule has 0 atom stereocenters. The summed E-state index contributed by atoms with van der Waals surface area (Å²) in [6, 6.07) is 4.40. The molecule has 2 nitrogen and oxygen atoms in total. The Morgan fingerprint density at radius 2 is 2.19 bits per heavy atom. The predicted octanol–water partition coefficient (Wildman–Crippen LogP) is 2.42. The van der Waals surface area contributed by atoms with Crippen LogP contribution in [0.25, 0.3) is 0 Å². The van der Waals surface area contributed by atoms with Crippen LogP contribution in [0.15, 0.2) is 18.2 Å². The number of hydrogen-bond donors (Lipinski definition) is 2. The highest BCUT2D eigenvalue weighted by atomic mass is 19.1. The smallest absolute Gasteiger partial charge is 0.165 e. The molecule has 0 radical (unpaired) electrons. The van der Waals surface area contributed by atoms with Crippen molar-refractivity contribution in [2.75, 3.05) is 6.54 Å². The topological polar surface area (TPSA) is 32.3 Å². The number of rotatable bonds is 6. The first kappa shape index (κ1) is 12.5. The maximum atomic E-state index is 13.0. The van der Waals surface area contributed by atoms with Crippen LogP contribution in [-0.2, 0) is 6.54 Å². The van der Waals surface area contributed by atoms with E-state index in [0.717, 1.165) is 31.4 Å². The molecule has 0 bridgehead atoms. The van der Waals surface area contributed by atoms with Gasteiger partial charge in [0, 0.05) is 13.0 Å². The molecule has 0 fully saturated rings. The number of nitrogens with one attached hydrogen (secondary N) is 1. The molecule has 0 aliphatic carbocycles. The minimum Gasteiger partial charge on any atom is -0.505 e. The number of terminal acetylenes is 1. The minimum absolute atomic E-state index is 0.308. The van der Waals surface area contributed by atoms with Gasteiger partial charge in [0.1, 0.15) is 0 Å². The molecule has 0 aliphatic rings. The fourth-order valence-electron chi connectivity index (χ4n) is 1.37. The van der Waals surface area contributed by atoms with Gasteiger partial charge in [-0.15, -0.1) is 12.3 Å². The molecule has 1 aromatic rings. The van der Waals surface area contributed by atoms with Crippen LogP contribution in [0.4, 0.5) is 4.39 Å². The van der Waals surface area contributed by atoms with Gasteiger partial charge in [-0.3, -0.25) is 0 Å². The van der Waals surface area contributed by atoms with Crippen LogP contribution in [0.1, 0.15) is 24.8 Å². The van der Waals surface area contributed by atoms with E-state index >= 15 is 0 Å². The zero-order chi connectivity index (χ0) is 11.8. The van der Waals surface area contributed by atoms with Crippen molar-refractivity contribution in [3.05, 3.63) is 29.6 Å². The first-order chi connectivity index (χ1) is 7.74. The molecule has 0 aromatic heterocycles. The second-order valence-electron chi connectivity index (χ2n) is 3.62. The van der Waals surface area contributed by atoms with Crippen LogP contribution >= 0.6 is 0 Å². The summed E-state index contributed by atoms with van der Waals surface area (Å²) >= 11 is 0. The lowest BCUT2D eigenvalue weighted by Gasteiger charge is -2.05. The van der Waals surface area contributed by atoms with Crippen molar-refractivity contribution < 1.29 is 9.50 Å². The molecule has 0 amide bonds. The Kier molecular flexibility index (Phi) is 5.38. The van der Waals surface area contributed by atoms with Gasteiger partial charge in [-0.1, -0.05) is 6.07 Å². The van der Waals surface area contributed by atoms with Gasteiger partial charge in [-0.05, 0) is 37.1 Å². The van der Waals surface area contributed by atoms with E-state index in [4.69, 9.17) is 11.5 Å². The second kappa shape index (κ2) is 6.86. The number of aromatic hydroxyl groups is 1. The van der Waals surface area contributed by atoms with Crippen LogP contribution in [0.5, 0.6) is 5.75 Å². The van der Waals surface area contributed by atoms with Gasteiger partial charge in [0.15, 0.2) is 11.6 Å². The van der Waals surface area contributed by atoms with Gasteiger partial charge < -0.3 is 10.4 Å². The van der Waals surface area contributed by atoms with Gasteiger partial charge >= 0.3 is 0 Å². The van der Waals surface area contributed by atoms with Crippen LogP contribution < -0.4 is 5.32 Å². The average molecular weight is 221 g/mol. The molecule has 2 N–H and O–H groups in total. The predicted molar refractivity (Wildman–Crippen MR) is 62.5 cm³/mol. The first-order valence-electron chi connectivity index (χ1n) is 5.35. The third kappa shape index (κ3) is 4.33. The largest absolute Gasteiger partial charge is 0.505 e. The maximum absolute atomic E-state index is 13.0. The van der Waals surface area contributed by atoms with E-state index in [0.29, 0.717) is 6.54 Å². The molecule has 0 saturated carbocycles. The summed E-state index contributed by atoms with van der Waals surface area (Å²) < 4.78 is 13.0. The van der Waals surface area contributed by atoms with Crippen molar-refractivity contribution in [2.24, 2.45) is 0 Å². The highest BCUT2D eigenvalue weighted by Crippen LogP contribution is 2.15. The maximum Gasteiger partial charge on any atom is 0.165 e. The fraction of sp³-hybridized carbons (Fsp3) is 0.385. The third-order valence-corrected chi connectivity index (χ3v) is 2.27. The van der Waals surface area contributed by atoms with Crippen LogP contribution in [0.3, 0.4) is 0 Å². The Morgan fingerprint density at radius 1 is 1.38 bits per heavy atom. The van der Waals surface area contributed by atoms with Crippen LogP contribution in [0, 0.1) is 18.2 Å². The second-order valence-corrected chi connectivity index (χ2v) is 3.62. The number of unbranched alkanes of at least 4 members (excludes halogenated alkanes) is 2. The zero-order valence-corrected chi connectivity index (χ0v) is 9.17. The molecule has 0 spiro atoms. The van der Waals surface area contributed by atoms with Gasteiger partial charge in [0.05, 0.1) is 0 Å². The van der Waals surface area contributed by atoms with Crippen molar-refractivity contribution in [3.8, 4) is 18.1 Å². The number of benzene rings is 1. The van der Waals surface area contributed by atoms with Crippen molar-refractivity contribution in [1.29, 1.82) is 0 Å². The summed E-state index contributed by atoms with van der Waals surface area (Å²) in [5.41, 5.74) is 0.826. The van der Waals surface area contributed by atoms with E-state index in [9.17, 15) is 4.39 Å². The molecule has 0 unspecified atom stereocenters. The standard InChI is InChI=1S/C13H16FNO/c1-2-3-4-5-8-15-10-11-6-7-13(16)12(14)9-11/h1,6-7,9,15-16H,3-5,8,10H2. The monoisotopic (exact) mass is 221 g/mol. The Bertz CT molecular complexity index is 371. The van der Waals surface area contributed by atoms with Crippen molar-refractivity contribution in [3.63, 3.8) is 0 Å². The molecule has 1 rings (SSSR count). The number of halogens is 1. The van der Waals surface area contributed by atoms with Gasteiger partial charge in [0.2, 0.25) is 0 Å². The zero-order valence-electron chi connectivity index (χ0n) is 9.17. The minimum atomic E-state index is -0.577. The molecule has 3 heteroatoms. The number of phenolic OH excluding ortho intramolecular Hbond substituents is 1. The Labute approximate surface area is 95.5 Å². The van der Waals surface area contributed by atoms with E-state index in [1.807, 2.05) is 0 Å². The lowest BCUT2D eigenvalue weighted by molar-refractivity contribution is 0.431. The Morgan fingerprint density at radius 3 is 2.88 bits per heavy atom. The average Bonchev–Trinajstić information content (AvgIpc) is 2.28. The number of hydrogen-bond acceptors (Lipinski definition) is 2. The van der Waals surface area contributed by atoms with Crippen molar-refractivity contribution >= 4 is 0 Å². The molecule has 16 heavy (non-hydrogen) atoms. The van der Waals surface area contributed by atoms with E-state index < -0.39 is 5.82 Å². The van der Waals surface area contributed by atoms with E-state index in [2.05, 4.69) is 11.2 Å². The molecular formula is C13H16FNO. The summed E-state index contributed by atoms with van der Waals surface area (Å²) in [5, 5.41) is 12.2. The van der Waals surface area contributed by atoms with Crippen LogP contribution in [0.2, 0.25) is 0 Å². The summed E-state index contributed by atoms with van der Waals surface area (Å²) in [4.78, 5) is 0. The lowest BCUT2D eigenvalue weighted by Crippen LogP contribution is -2.14. The summed E-state index contributed by atoms with van der Waals surface area (Å²) in [6.07, 6.45) is 7.96. The summed E-state index contributed by atoms with van der Waals surface area (Å²) in [5.74, 6) is 1.70. The quantitative estimate of drug-likeness (QED) is 0.571. The van der Waals surface area contributed by atoms with Crippen molar-refractivity contribution in [1.82, 2.24) is 5.32 Å². The molecule has 0 saturated heterocycles. The van der Waals surface area contributed by atoms with Crippen LogP contribution in [-0.4, -0.2) is 11.7 Å². The first-order valence-corrected chi connectivity index (χ1v) is 5.35. The van der Waals surface area contributed by atoms with E-state index in [1.54, 1.807) is 6.07 Å². The lowest BCUT2D eigenvalue weighted by atomic mass is 10.2. The SMILES string of the molecule is C#CCCCCNCc1ccc(O)c(F)c1. The van der Waals surface area contributed by atoms with E-state index in [1.165, 1.54) is 12.1 Å². The fourth-order valence-corrected chi connectivity index (χ4v) is 1.37. The van der Waals surface area contributed by atoms with Crippen molar-refractivity contribution in [2.45, 2.75) is 25.8 Å². The summed E-state index contributed by atoms with van der Waals surface area (Å²) in [7, 11) is 0. The Balaban J connectivity index is 2.22. The van der Waals surface area contributed by atoms with Gasteiger partial charge in [0.25, 0.3) is 0 Å². The normalized spacial score (nSPS) is 10.0. The van der Waals surface area contributed by atoms with E-state index in [-0.39, 0.29) is 5.75 Å². The highest BCUT2D eigenvalue weighted by Gasteiger charge is 2.00. The third-order valence-electron chi connectivity index (χ3n) is 2.27. The van der Waals surface area contributed by atoms with Gasteiger partial charge in [-0.2, -0.15) is 0 Å². The molecule has 0 aliphatic heterocycles. The Hall–Kier alpha value is -1.53. The number of phenols is 1. The van der Waals surface area contributed by atoms with Gasteiger partial charge in [-0.25, -0.2) is 4.39 Å². The molecular weight excluding hydrogens is 205 g/mol. The highest BCUT2D eigenvalue weighted by molar-refractivity contribution is 5.27. The molecule has 0 heterocycles.